The number of hydrogen-bond acceptors (Lipinski definition) is 5. The molecule has 1 aromatic heterocycles. The molecule has 22 heavy (non-hydrogen) atoms. The number of carbonyl (C=O) groups is 1. The monoisotopic (exact) mass is 314 g/mol. The summed E-state index contributed by atoms with van der Waals surface area (Å²) in [5.41, 5.74) is 2.01. The van der Waals surface area contributed by atoms with Crippen molar-refractivity contribution in [2.45, 2.75) is 0 Å². The molecule has 0 aliphatic heterocycles. The van der Waals surface area contributed by atoms with Crippen molar-refractivity contribution in [3.63, 3.8) is 0 Å². The fraction of sp³-hybridized carbons (Fsp3) is 0. The fourth-order valence-electron chi connectivity index (χ4n) is 1.93. The predicted octanol–water partition coefficient (Wildman–Crippen LogP) is 3.84. The van der Waals surface area contributed by atoms with Gasteiger partial charge in [-0.25, -0.2) is 4.98 Å². The Balaban J connectivity index is 1.91. The lowest BCUT2D eigenvalue weighted by atomic mass is 10.3. The number of rotatable bonds is 4. The number of oxazole rings is 1. The van der Waals surface area contributed by atoms with Crippen LogP contribution in [0.4, 0.5) is 5.69 Å². The molecular formula is C16H11ClN2O3. The zero-order valence-electron chi connectivity index (χ0n) is 11.3. The molecule has 2 aromatic carbocycles. The van der Waals surface area contributed by atoms with Crippen molar-refractivity contribution < 1.29 is 14.3 Å². The molecule has 6 heteroatoms. The van der Waals surface area contributed by atoms with Crippen LogP contribution in [0, 0.1) is 0 Å². The molecule has 2 N–H and O–H groups in total. The molecule has 0 fully saturated rings. The minimum atomic E-state index is 0.127. The first-order valence-corrected chi connectivity index (χ1v) is 6.81. The Labute approximate surface area is 130 Å². The van der Waals surface area contributed by atoms with Gasteiger partial charge in [0.1, 0.15) is 11.3 Å². The summed E-state index contributed by atoms with van der Waals surface area (Å²) in [6, 6.07) is 11.6. The molecule has 0 bridgehead atoms. The molecule has 0 unspecified atom stereocenters. The summed E-state index contributed by atoms with van der Waals surface area (Å²) in [7, 11) is 0. The molecule has 0 atom stereocenters. The number of carbonyl (C=O) groups excluding carboxylic acids is 1. The highest BCUT2D eigenvalue weighted by Crippen LogP contribution is 2.23. The number of fused-ring (bicyclic) bond motifs is 1. The summed E-state index contributed by atoms with van der Waals surface area (Å²) in [6.07, 6.45) is 2.11. The normalized spacial score (nSPS) is 11.6. The van der Waals surface area contributed by atoms with E-state index in [1.54, 1.807) is 36.4 Å². The largest absolute Gasteiger partial charge is 0.508 e. The van der Waals surface area contributed by atoms with E-state index in [1.807, 2.05) is 0 Å². The van der Waals surface area contributed by atoms with Gasteiger partial charge in [0.25, 0.3) is 0 Å². The molecule has 0 saturated heterocycles. The van der Waals surface area contributed by atoms with Gasteiger partial charge in [-0.3, -0.25) is 4.79 Å². The number of aromatic nitrogens is 1. The lowest BCUT2D eigenvalue weighted by Crippen LogP contribution is -1.93. The smallest absolute Gasteiger partial charge is 0.232 e. The summed E-state index contributed by atoms with van der Waals surface area (Å²) < 4.78 is 5.53. The fourth-order valence-corrected chi connectivity index (χ4v) is 2.09. The lowest BCUT2D eigenvalue weighted by molar-refractivity contribution is -0.103. The van der Waals surface area contributed by atoms with E-state index in [9.17, 15) is 9.90 Å². The van der Waals surface area contributed by atoms with Crippen LogP contribution in [-0.4, -0.2) is 16.4 Å². The highest BCUT2D eigenvalue weighted by atomic mass is 35.5. The van der Waals surface area contributed by atoms with Gasteiger partial charge in [-0.05, 0) is 30.3 Å². The third-order valence-corrected chi connectivity index (χ3v) is 3.20. The van der Waals surface area contributed by atoms with Crippen molar-refractivity contribution in [2.75, 3.05) is 5.32 Å². The third-order valence-electron chi connectivity index (χ3n) is 2.96. The van der Waals surface area contributed by atoms with Crippen LogP contribution in [0.1, 0.15) is 5.89 Å². The zero-order valence-corrected chi connectivity index (χ0v) is 12.0. The topological polar surface area (TPSA) is 75.4 Å². The Morgan fingerprint density at radius 3 is 2.91 bits per heavy atom. The zero-order chi connectivity index (χ0) is 15.5. The second-order valence-electron chi connectivity index (χ2n) is 4.54. The van der Waals surface area contributed by atoms with E-state index in [0.717, 1.165) is 0 Å². The molecule has 0 saturated carbocycles. The molecule has 0 amide bonds. The van der Waals surface area contributed by atoms with Crippen LogP contribution in [0.25, 0.3) is 16.7 Å². The summed E-state index contributed by atoms with van der Waals surface area (Å²) in [5, 5.41) is 12.9. The maximum absolute atomic E-state index is 11.3. The first-order valence-electron chi connectivity index (χ1n) is 6.43. The first-order chi connectivity index (χ1) is 10.7. The van der Waals surface area contributed by atoms with Gasteiger partial charge in [0, 0.05) is 23.0 Å². The van der Waals surface area contributed by atoms with Crippen LogP contribution in [-0.2, 0) is 4.79 Å². The number of allylic oxidation sites excluding steroid dienone is 1. The molecule has 3 aromatic rings. The summed E-state index contributed by atoms with van der Waals surface area (Å²) in [4.78, 5) is 15.5. The molecular weight excluding hydrogens is 304 g/mol. The number of hydrogen-bond donors (Lipinski definition) is 2. The van der Waals surface area contributed by atoms with Crippen LogP contribution in [0.15, 0.2) is 53.1 Å². The quantitative estimate of drug-likeness (QED) is 0.565. The van der Waals surface area contributed by atoms with Gasteiger partial charge in [0.2, 0.25) is 5.89 Å². The van der Waals surface area contributed by atoms with Crippen LogP contribution in [0.5, 0.6) is 5.75 Å². The number of phenolic OH excluding ortho intramolecular Hbond substituents is 1. The Morgan fingerprint density at radius 2 is 2.14 bits per heavy atom. The Kier molecular flexibility index (Phi) is 3.80. The third kappa shape index (κ3) is 2.94. The average molecular weight is 315 g/mol. The van der Waals surface area contributed by atoms with E-state index >= 15 is 0 Å². The van der Waals surface area contributed by atoms with Crippen molar-refractivity contribution in [1.82, 2.24) is 4.98 Å². The van der Waals surface area contributed by atoms with Crippen LogP contribution in [0.2, 0.25) is 5.02 Å². The van der Waals surface area contributed by atoms with Crippen molar-refractivity contribution in [2.24, 2.45) is 0 Å². The van der Waals surface area contributed by atoms with Gasteiger partial charge in [0.15, 0.2) is 11.9 Å². The molecule has 1 heterocycles. The van der Waals surface area contributed by atoms with E-state index < -0.39 is 0 Å². The van der Waals surface area contributed by atoms with Gasteiger partial charge in [-0.15, -0.1) is 0 Å². The number of anilines is 1. The van der Waals surface area contributed by atoms with Crippen LogP contribution >= 0.6 is 11.6 Å². The molecule has 0 aliphatic rings. The van der Waals surface area contributed by atoms with Crippen molar-refractivity contribution in [3.8, 4) is 5.75 Å². The minimum absolute atomic E-state index is 0.127. The van der Waals surface area contributed by atoms with Gasteiger partial charge in [-0.2, -0.15) is 0 Å². The highest BCUT2D eigenvalue weighted by molar-refractivity contribution is 6.31. The van der Waals surface area contributed by atoms with Crippen molar-refractivity contribution in [1.29, 1.82) is 0 Å². The van der Waals surface area contributed by atoms with Gasteiger partial charge in [-0.1, -0.05) is 17.7 Å². The van der Waals surface area contributed by atoms with E-state index in [-0.39, 0.29) is 17.2 Å². The minimum Gasteiger partial charge on any atom is -0.508 e. The Hall–Kier alpha value is -2.79. The van der Waals surface area contributed by atoms with Gasteiger partial charge < -0.3 is 14.8 Å². The van der Waals surface area contributed by atoms with E-state index in [1.165, 1.54) is 12.3 Å². The highest BCUT2D eigenvalue weighted by Gasteiger charge is 2.10. The number of halogens is 1. The average Bonchev–Trinajstić information content (AvgIpc) is 2.90. The summed E-state index contributed by atoms with van der Waals surface area (Å²) in [5.74, 6) is 0.322. The second kappa shape index (κ2) is 5.91. The summed E-state index contributed by atoms with van der Waals surface area (Å²) >= 11 is 5.90. The molecule has 0 radical (unpaired) electrons. The number of nitrogens with zero attached hydrogens (tertiary/aromatic N) is 1. The van der Waals surface area contributed by atoms with E-state index in [0.29, 0.717) is 28.1 Å². The SMILES string of the molecule is O=CC(=CNc1cccc(O)c1)c1nc2cc(Cl)ccc2o1. The molecule has 0 aliphatic carbocycles. The lowest BCUT2D eigenvalue weighted by Gasteiger charge is -2.01. The second-order valence-corrected chi connectivity index (χ2v) is 4.98. The number of nitrogens with one attached hydrogen (secondary N) is 1. The molecule has 0 spiro atoms. The van der Waals surface area contributed by atoms with E-state index in [4.69, 9.17) is 16.0 Å². The molecule has 110 valence electrons. The summed E-state index contributed by atoms with van der Waals surface area (Å²) in [6.45, 7) is 0. The molecule has 5 nitrogen and oxygen atoms in total. The first kappa shape index (κ1) is 14.2. The van der Waals surface area contributed by atoms with Gasteiger partial charge >= 0.3 is 0 Å². The van der Waals surface area contributed by atoms with Crippen molar-refractivity contribution >= 4 is 40.2 Å². The predicted molar refractivity (Wildman–Crippen MR) is 84.8 cm³/mol. The van der Waals surface area contributed by atoms with Crippen LogP contribution in [0.3, 0.4) is 0 Å². The number of benzene rings is 2. The number of phenols is 1. The van der Waals surface area contributed by atoms with Crippen LogP contribution < -0.4 is 5.32 Å². The van der Waals surface area contributed by atoms with Crippen molar-refractivity contribution in [3.05, 3.63) is 59.6 Å². The molecule has 3 rings (SSSR count). The number of aldehydes is 1. The Bertz CT molecular complexity index is 871. The number of aromatic hydroxyl groups is 1. The van der Waals surface area contributed by atoms with E-state index in [2.05, 4.69) is 10.3 Å². The van der Waals surface area contributed by atoms with Gasteiger partial charge in [0.05, 0.1) is 5.57 Å². The maximum atomic E-state index is 11.3. The maximum Gasteiger partial charge on any atom is 0.232 e. The Morgan fingerprint density at radius 1 is 1.27 bits per heavy atom. The standard InChI is InChI=1S/C16H11ClN2O3/c17-11-4-5-15-14(6-11)19-16(22-15)10(9-20)8-18-12-2-1-3-13(21)7-12/h1-9,18,21H.